The van der Waals surface area contributed by atoms with Gasteiger partial charge in [0.25, 0.3) is 0 Å². The number of carbonyl (C=O) groups excluding carboxylic acids is 2. The summed E-state index contributed by atoms with van der Waals surface area (Å²) in [6.07, 6.45) is 45.6. The molecule has 11 heteroatoms. The van der Waals surface area contributed by atoms with E-state index in [0.717, 1.165) is 64.2 Å². The van der Waals surface area contributed by atoms with E-state index in [1.54, 1.807) is 6.08 Å². The van der Waals surface area contributed by atoms with Gasteiger partial charge in [0.1, 0.15) is 24.4 Å². The van der Waals surface area contributed by atoms with Crippen LogP contribution in [0.2, 0.25) is 0 Å². The average molecular weight is 966 g/mol. The Kier molecular flexibility index (Phi) is 44.8. The van der Waals surface area contributed by atoms with Gasteiger partial charge in [0.05, 0.1) is 32.0 Å². The van der Waals surface area contributed by atoms with Gasteiger partial charge in [-0.1, -0.05) is 218 Å². The molecule has 1 aliphatic heterocycles. The molecule has 1 heterocycles. The SMILES string of the molecule is CCCCCCC/C=C\CCCCCCCC(=O)OCCCCCCCCCCCCCCCCCCCC(=O)NC(COC1OC(CO)C(O)C(O)C1O)C(O)/C=C/CCCCCCCCC. The first-order chi connectivity index (χ1) is 33.2. The molecule has 0 aliphatic carbocycles. The summed E-state index contributed by atoms with van der Waals surface area (Å²) in [5.41, 5.74) is 0. The minimum Gasteiger partial charge on any atom is -0.466 e. The highest BCUT2D eigenvalue weighted by Gasteiger charge is 2.44. The van der Waals surface area contributed by atoms with E-state index >= 15 is 0 Å². The van der Waals surface area contributed by atoms with Gasteiger partial charge in [-0.3, -0.25) is 9.59 Å². The maximum absolute atomic E-state index is 13.0. The maximum atomic E-state index is 13.0. The summed E-state index contributed by atoms with van der Waals surface area (Å²) < 4.78 is 16.7. The molecule has 0 aromatic heterocycles. The maximum Gasteiger partial charge on any atom is 0.305 e. The lowest BCUT2D eigenvalue weighted by molar-refractivity contribution is -0.302. The van der Waals surface area contributed by atoms with E-state index in [1.165, 1.54) is 173 Å². The van der Waals surface area contributed by atoms with Crippen LogP contribution in [-0.4, -0.2) is 100 Å². The molecule has 400 valence electrons. The van der Waals surface area contributed by atoms with E-state index in [0.29, 0.717) is 19.4 Å². The number of esters is 1. The van der Waals surface area contributed by atoms with Crippen molar-refractivity contribution in [2.75, 3.05) is 19.8 Å². The lowest BCUT2D eigenvalue weighted by atomic mass is 9.99. The molecule has 6 N–H and O–H groups in total. The lowest BCUT2D eigenvalue weighted by Gasteiger charge is -2.40. The number of ether oxygens (including phenoxy) is 3. The van der Waals surface area contributed by atoms with Crippen molar-refractivity contribution >= 4 is 11.9 Å². The smallest absolute Gasteiger partial charge is 0.305 e. The molecule has 1 fully saturated rings. The third kappa shape index (κ3) is 37.0. The van der Waals surface area contributed by atoms with Gasteiger partial charge >= 0.3 is 5.97 Å². The van der Waals surface area contributed by atoms with E-state index in [2.05, 4.69) is 31.3 Å². The fourth-order valence-corrected chi connectivity index (χ4v) is 8.96. The summed E-state index contributed by atoms with van der Waals surface area (Å²) >= 11 is 0. The number of unbranched alkanes of at least 4 members (excludes halogenated alkanes) is 33. The van der Waals surface area contributed by atoms with Crippen LogP contribution < -0.4 is 5.32 Å². The fraction of sp³-hybridized carbons (Fsp3) is 0.895. The molecule has 1 amide bonds. The number of carbonyl (C=O) groups is 2. The molecule has 11 nitrogen and oxygen atoms in total. The topological polar surface area (TPSA) is 175 Å². The van der Waals surface area contributed by atoms with Crippen molar-refractivity contribution in [2.24, 2.45) is 0 Å². The number of aliphatic hydroxyl groups is 5. The Bertz CT molecular complexity index is 1180. The van der Waals surface area contributed by atoms with Gasteiger partial charge in [-0.25, -0.2) is 0 Å². The second-order valence-corrected chi connectivity index (χ2v) is 20.0. The zero-order valence-corrected chi connectivity index (χ0v) is 43.8. The van der Waals surface area contributed by atoms with Crippen molar-refractivity contribution in [1.29, 1.82) is 0 Å². The van der Waals surface area contributed by atoms with Crippen LogP contribution in [0.25, 0.3) is 0 Å². The van der Waals surface area contributed by atoms with Crippen molar-refractivity contribution in [3.63, 3.8) is 0 Å². The molecule has 0 aromatic rings. The highest BCUT2D eigenvalue weighted by molar-refractivity contribution is 5.76. The number of aliphatic hydroxyl groups excluding tert-OH is 5. The van der Waals surface area contributed by atoms with Crippen LogP contribution in [0.4, 0.5) is 0 Å². The van der Waals surface area contributed by atoms with Gasteiger partial charge in [-0.05, 0) is 57.8 Å². The van der Waals surface area contributed by atoms with Gasteiger partial charge in [0, 0.05) is 12.8 Å². The molecular formula is C57H107NO10. The molecule has 0 radical (unpaired) electrons. The third-order valence-corrected chi connectivity index (χ3v) is 13.6. The number of hydrogen-bond acceptors (Lipinski definition) is 10. The highest BCUT2D eigenvalue weighted by Crippen LogP contribution is 2.23. The van der Waals surface area contributed by atoms with Crippen molar-refractivity contribution in [3.8, 4) is 0 Å². The summed E-state index contributed by atoms with van der Waals surface area (Å²) in [5, 5.41) is 54.2. The zero-order chi connectivity index (χ0) is 49.6. The first-order valence-corrected chi connectivity index (χ1v) is 28.6. The third-order valence-electron chi connectivity index (χ3n) is 13.6. The molecule has 7 atom stereocenters. The Balaban J connectivity index is 2.04. The predicted octanol–water partition coefficient (Wildman–Crippen LogP) is 12.6. The predicted molar refractivity (Wildman–Crippen MR) is 278 cm³/mol. The molecule has 0 bridgehead atoms. The van der Waals surface area contributed by atoms with E-state index in [9.17, 15) is 35.1 Å². The van der Waals surface area contributed by atoms with Gasteiger partial charge in [0.2, 0.25) is 5.91 Å². The number of rotatable bonds is 49. The quantitative estimate of drug-likeness (QED) is 0.0196. The second kappa shape index (κ2) is 47.5. The van der Waals surface area contributed by atoms with Gasteiger partial charge in [-0.15, -0.1) is 0 Å². The summed E-state index contributed by atoms with van der Waals surface area (Å²) in [5.74, 6) is -0.209. The standard InChI is InChI=1S/C57H107NO10/c1-3-5-7-9-11-13-14-15-22-25-29-33-37-41-45-53(62)66-46-42-38-34-30-26-23-20-18-16-17-19-21-24-28-32-36-40-44-52(61)58-49(50(60)43-39-35-31-27-12-10-8-6-4-2)48-67-57-56(65)55(64)54(63)51(47-59)68-57/h14-15,39,43,49-51,54-57,59-60,63-65H,3-13,16-38,40-42,44-48H2,1-2H3,(H,58,61)/b15-14-,43-39+. The molecule has 7 unspecified atom stereocenters. The van der Waals surface area contributed by atoms with Crippen LogP contribution in [0.3, 0.4) is 0 Å². The van der Waals surface area contributed by atoms with Crippen LogP contribution in [-0.2, 0) is 23.8 Å². The molecule has 0 spiro atoms. The van der Waals surface area contributed by atoms with Crippen LogP contribution >= 0.6 is 0 Å². The lowest BCUT2D eigenvalue weighted by Crippen LogP contribution is -2.60. The van der Waals surface area contributed by atoms with Crippen molar-refractivity contribution in [2.45, 2.75) is 307 Å². The Hall–Kier alpha value is -1.86. The number of nitrogens with one attached hydrogen (secondary N) is 1. The number of hydrogen-bond donors (Lipinski definition) is 6. The van der Waals surface area contributed by atoms with E-state index in [1.807, 2.05) is 6.08 Å². The Morgan fingerprint density at radius 3 is 1.41 bits per heavy atom. The van der Waals surface area contributed by atoms with Crippen LogP contribution in [0.1, 0.15) is 264 Å². The van der Waals surface area contributed by atoms with Crippen LogP contribution in [0.5, 0.6) is 0 Å². The summed E-state index contributed by atoms with van der Waals surface area (Å²) in [7, 11) is 0. The largest absolute Gasteiger partial charge is 0.466 e. The average Bonchev–Trinajstić information content (AvgIpc) is 3.33. The van der Waals surface area contributed by atoms with Crippen LogP contribution in [0, 0.1) is 0 Å². The summed E-state index contributed by atoms with van der Waals surface area (Å²) in [6, 6.07) is -0.812. The van der Waals surface area contributed by atoms with Crippen molar-refractivity contribution < 1.29 is 49.3 Å². The zero-order valence-electron chi connectivity index (χ0n) is 43.8. The summed E-state index contributed by atoms with van der Waals surface area (Å²) in [4.78, 5) is 25.0. The molecule has 1 saturated heterocycles. The Morgan fingerprint density at radius 2 is 0.941 bits per heavy atom. The van der Waals surface area contributed by atoms with Gasteiger partial charge in [-0.2, -0.15) is 0 Å². The monoisotopic (exact) mass is 966 g/mol. The first-order valence-electron chi connectivity index (χ1n) is 28.6. The first kappa shape index (κ1) is 64.2. The molecule has 0 saturated carbocycles. The van der Waals surface area contributed by atoms with E-state index < -0.39 is 49.5 Å². The highest BCUT2D eigenvalue weighted by atomic mass is 16.7. The van der Waals surface area contributed by atoms with Gasteiger partial charge < -0.3 is 45.1 Å². The van der Waals surface area contributed by atoms with Crippen molar-refractivity contribution in [3.05, 3.63) is 24.3 Å². The Morgan fingerprint density at radius 1 is 0.529 bits per heavy atom. The molecule has 1 rings (SSSR count). The summed E-state index contributed by atoms with van der Waals surface area (Å²) in [6.45, 7) is 4.28. The number of allylic oxidation sites excluding steroid dienone is 3. The van der Waals surface area contributed by atoms with Crippen molar-refractivity contribution in [1.82, 2.24) is 5.32 Å². The number of amides is 1. The minimum absolute atomic E-state index is 0.0202. The fourth-order valence-electron chi connectivity index (χ4n) is 8.96. The molecular weight excluding hydrogens is 859 g/mol. The Labute approximate surface area is 416 Å². The van der Waals surface area contributed by atoms with E-state index in [4.69, 9.17) is 14.2 Å². The van der Waals surface area contributed by atoms with E-state index in [-0.39, 0.29) is 18.5 Å². The molecule has 1 aliphatic rings. The van der Waals surface area contributed by atoms with Gasteiger partial charge in [0.15, 0.2) is 6.29 Å². The molecule has 68 heavy (non-hydrogen) atoms. The second-order valence-electron chi connectivity index (χ2n) is 20.0. The minimum atomic E-state index is -1.57. The normalized spacial score (nSPS) is 19.5. The van der Waals surface area contributed by atoms with Crippen LogP contribution in [0.15, 0.2) is 24.3 Å². The molecule has 0 aromatic carbocycles.